The summed E-state index contributed by atoms with van der Waals surface area (Å²) >= 11 is 5.32. The molecule has 0 aromatic heterocycles. The van der Waals surface area contributed by atoms with Crippen molar-refractivity contribution in [2.75, 3.05) is 36.7 Å². The predicted octanol–water partition coefficient (Wildman–Crippen LogP) is 1.44. The smallest absolute Gasteiger partial charge is 0.234 e. The Labute approximate surface area is 117 Å². The molecule has 0 heterocycles. The van der Waals surface area contributed by atoms with Crippen LogP contribution in [0.15, 0.2) is 24.3 Å². The van der Waals surface area contributed by atoms with E-state index in [0.717, 1.165) is 11.4 Å². The van der Waals surface area contributed by atoms with Crippen LogP contribution in [0.3, 0.4) is 0 Å². The van der Waals surface area contributed by atoms with Crippen molar-refractivity contribution in [2.24, 2.45) is 0 Å². The third-order valence-corrected chi connectivity index (χ3v) is 2.71. The van der Waals surface area contributed by atoms with Gasteiger partial charge in [-0.25, -0.2) is 0 Å². The number of hydrogen-bond donors (Lipinski definition) is 2. The van der Waals surface area contributed by atoms with Gasteiger partial charge >= 0.3 is 0 Å². The largest absolute Gasteiger partial charge is 0.378 e. The van der Waals surface area contributed by atoms with Gasteiger partial charge < -0.3 is 15.5 Å². The van der Waals surface area contributed by atoms with Crippen LogP contribution < -0.4 is 15.5 Å². The molecule has 0 radical (unpaired) electrons. The summed E-state index contributed by atoms with van der Waals surface area (Å²) in [7, 11) is 3.90. The Morgan fingerprint density at radius 1 is 1.16 bits per heavy atom. The number of nitrogens with one attached hydrogen (secondary N) is 2. The summed E-state index contributed by atoms with van der Waals surface area (Å²) in [6, 6.07) is 7.52. The number of rotatable bonds is 6. The molecule has 5 nitrogen and oxygen atoms in total. The first kappa shape index (κ1) is 15.3. The van der Waals surface area contributed by atoms with Gasteiger partial charge in [-0.1, -0.05) is 0 Å². The van der Waals surface area contributed by atoms with E-state index in [1.54, 1.807) is 0 Å². The maximum atomic E-state index is 11.6. The molecular formula is C13H18ClN3O2. The number of carbonyl (C=O) groups excluding carboxylic acids is 2. The molecule has 0 saturated heterocycles. The summed E-state index contributed by atoms with van der Waals surface area (Å²) in [5.41, 5.74) is 1.80. The summed E-state index contributed by atoms with van der Waals surface area (Å²) in [5.74, 6) is -0.509. The first-order chi connectivity index (χ1) is 9.02. The minimum absolute atomic E-state index is 0.0897. The van der Waals surface area contributed by atoms with Crippen molar-refractivity contribution >= 4 is 34.8 Å². The van der Waals surface area contributed by atoms with Gasteiger partial charge in [0, 0.05) is 38.4 Å². The number of anilines is 2. The van der Waals surface area contributed by atoms with Crippen LogP contribution in [0.5, 0.6) is 0 Å². The highest BCUT2D eigenvalue weighted by Crippen LogP contribution is 2.15. The average molecular weight is 284 g/mol. The molecule has 0 atom stereocenters. The van der Waals surface area contributed by atoms with Gasteiger partial charge in [-0.15, -0.1) is 11.6 Å². The molecule has 0 spiro atoms. The molecule has 0 bridgehead atoms. The van der Waals surface area contributed by atoms with Crippen molar-refractivity contribution in [2.45, 2.75) is 6.42 Å². The van der Waals surface area contributed by atoms with Crippen LogP contribution in [0, 0.1) is 0 Å². The van der Waals surface area contributed by atoms with E-state index >= 15 is 0 Å². The van der Waals surface area contributed by atoms with Gasteiger partial charge in [0.05, 0.1) is 0 Å². The molecule has 2 N–H and O–H groups in total. The van der Waals surface area contributed by atoms with E-state index < -0.39 is 0 Å². The third kappa shape index (κ3) is 5.61. The quantitative estimate of drug-likeness (QED) is 0.777. The minimum atomic E-state index is -0.273. The number of nitrogens with zero attached hydrogens (tertiary/aromatic N) is 1. The van der Waals surface area contributed by atoms with Gasteiger partial charge in [0.15, 0.2) is 0 Å². The molecule has 0 fully saturated rings. The molecule has 104 valence electrons. The Bertz CT molecular complexity index is 432. The lowest BCUT2D eigenvalue weighted by Crippen LogP contribution is -2.28. The molecule has 6 heteroatoms. The van der Waals surface area contributed by atoms with Crippen molar-refractivity contribution in [1.29, 1.82) is 0 Å². The average Bonchev–Trinajstić information content (AvgIpc) is 2.39. The Kier molecular flexibility index (Phi) is 6.15. The summed E-state index contributed by atoms with van der Waals surface area (Å²) in [5, 5.41) is 5.29. The first-order valence-electron chi connectivity index (χ1n) is 5.93. The van der Waals surface area contributed by atoms with Gasteiger partial charge in [0.2, 0.25) is 11.8 Å². The van der Waals surface area contributed by atoms with E-state index in [4.69, 9.17) is 11.6 Å². The molecule has 0 aliphatic heterocycles. The zero-order valence-corrected chi connectivity index (χ0v) is 11.8. The van der Waals surface area contributed by atoms with Crippen LogP contribution >= 0.6 is 11.6 Å². The number of alkyl halides is 1. The van der Waals surface area contributed by atoms with E-state index in [9.17, 15) is 9.59 Å². The predicted molar refractivity (Wildman–Crippen MR) is 77.7 cm³/mol. The van der Waals surface area contributed by atoms with E-state index in [1.165, 1.54) is 0 Å². The Morgan fingerprint density at radius 2 is 1.79 bits per heavy atom. The minimum Gasteiger partial charge on any atom is -0.378 e. The molecule has 1 rings (SSSR count). The second kappa shape index (κ2) is 7.63. The monoisotopic (exact) mass is 283 g/mol. The van der Waals surface area contributed by atoms with E-state index in [0.29, 0.717) is 0 Å². The molecule has 0 aliphatic carbocycles. The van der Waals surface area contributed by atoms with Gasteiger partial charge in [-0.2, -0.15) is 0 Å². The zero-order valence-electron chi connectivity index (χ0n) is 11.1. The van der Waals surface area contributed by atoms with E-state index in [1.807, 2.05) is 43.3 Å². The van der Waals surface area contributed by atoms with Gasteiger partial charge in [0.25, 0.3) is 0 Å². The second-order valence-corrected chi connectivity index (χ2v) is 4.49. The topological polar surface area (TPSA) is 61.4 Å². The fourth-order valence-corrected chi connectivity index (χ4v) is 1.52. The number of benzene rings is 1. The van der Waals surface area contributed by atoms with E-state index in [-0.39, 0.29) is 30.7 Å². The summed E-state index contributed by atoms with van der Waals surface area (Å²) in [6.45, 7) is 0.285. The first-order valence-corrected chi connectivity index (χ1v) is 6.46. The Hall–Kier alpha value is -1.75. The second-order valence-electron chi connectivity index (χ2n) is 4.22. The molecule has 0 unspecified atom stereocenters. The summed E-state index contributed by atoms with van der Waals surface area (Å²) < 4.78 is 0. The highest BCUT2D eigenvalue weighted by Gasteiger charge is 2.04. The van der Waals surface area contributed by atoms with Crippen LogP contribution in [0.1, 0.15) is 6.42 Å². The molecule has 1 aromatic rings. The van der Waals surface area contributed by atoms with Gasteiger partial charge in [0.1, 0.15) is 5.88 Å². The number of halogens is 1. The highest BCUT2D eigenvalue weighted by atomic mass is 35.5. The number of carbonyl (C=O) groups is 2. The number of hydrogen-bond acceptors (Lipinski definition) is 3. The maximum Gasteiger partial charge on any atom is 0.234 e. The van der Waals surface area contributed by atoms with E-state index in [2.05, 4.69) is 10.6 Å². The SMILES string of the molecule is CN(C)c1ccc(NC(=O)CCNC(=O)CCl)cc1. The van der Waals surface area contributed by atoms with Crippen LogP contribution in [0.2, 0.25) is 0 Å². The molecule has 0 saturated carbocycles. The Balaban J connectivity index is 2.38. The van der Waals surface area contributed by atoms with Crippen molar-refractivity contribution < 1.29 is 9.59 Å². The zero-order chi connectivity index (χ0) is 14.3. The fraction of sp³-hybridized carbons (Fsp3) is 0.385. The molecular weight excluding hydrogens is 266 g/mol. The van der Waals surface area contributed by atoms with Crippen molar-refractivity contribution in [1.82, 2.24) is 5.32 Å². The van der Waals surface area contributed by atoms with Crippen LogP contribution in [-0.2, 0) is 9.59 Å². The highest BCUT2D eigenvalue weighted by molar-refractivity contribution is 6.27. The van der Waals surface area contributed by atoms with Crippen LogP contribution in [0.25, 0.3) is 0 Å². The standard InChI is InChI=1S/C13H18ClN3O2/c1-17(2)11-5-3-10(4-6-11)16-12(18)7-8-15-13(19)9-14/h3-6H,7-9H2,1-2H3,(H,15,19)(H,16,18). The van der Waals surface area contributed by atoms with Crippen LogP contribution in [0.4, 0.5) is 11.4 Å². The summed E-state index contributed by atoms with van der Waals surface area (Å²) in [6.07, 6.45) is 0.220. The lowest BCUT2D eigenvalue weighted by Gasteiger charge is -2.13. The lowest BCUT2D eigenvalue weighted by molar-refractivity contribution is -0.119. The third-order valence-electron chi connectivity index (χ3n) is 2.46. The fourth-order valence-electron chi connectivity index (χ4n) is 1.43. The molecule has 19 heavy (non-hydrogen) atoms. The summed E-state index contributed by atoms with van der Waals surface area (Å²) in [4.78, 5) is 24.4. The van der Waals surface area contributed by atoms with Crippen molar-refractivity contribution in [3.8, 4) is 0 Å². The lowest BCUT2D eigenvalue weighted by atomic mass is 10.2. The molecule has 0 aliphatic rings. The van der Waals surface area contributed by atoms with Crippen molar-refractivity contribution in [3.63, 3.8) is 0 Å². The van der Waals surface area contributed by atoms with Gasteiger partial charge in [-0.3, -0.25) is 9.59 Å². The normalized spacial score (nSPS) is 9.84. The van der Waals surface area contributed by atoms with Crippen LogP contribution in [-0.4, -0.2) is 38.3 Å². The Morgan fingerprint density at radius 3 is 2.32 bits per heavy atom. The maximum absolute atomic E-state index is 11.6. The molecule has 1 aromatic carbocycles. The molecule has 2 amide bonds. The number of amides is 2. The van der Waals surface area contributed by atoms with Crippen molar-refractivity contribution in [3.05, 3.63) is 24.3 Å². The van der Waals surface area contributed by atoms with Gasteiger partial charge in [-0.05, 0) is 24.3 Å².